The summed E-state index contributed by atoms with van der Waals surface area (Å²) in [6.07, 6.45) is 1.72. The van der Waals surface area contributed by atoms with Crippen LogP contribution < -0.4 is 5.32 Å². The quantitative estimate of drug-likeness (QED) is 0.634. The van der Waals surface area contributed by atoms with Gasteiger partial charge in [0.05, 0.1) is 15.0 Å². The van der Waals surface area contributed by atoms with Crippen LogP contribution in [0.4, 0.5) is 0 Å². The van der Waals surface area contributed by atoms with Crippen molar-refractivity contribution in [3.8, 4) is 0 Å². The van der Waals surface area contributed by atoms with Gasteiger partial charge in [0.15, 0.2) is 0 Å². The fraction of sp³-hybridized carbons (Fsp3) is 0. The summed E-state index contributed by atoms with van der Waals surface area (Å²) in [6.45, 7) is 0. The van der Waals surface area contributed by atoms with E-state index in [1.54, 1.807) is 24.3 Å². The molecule has 0 unspecified atom stereocenters. The standard InChI is InChI=1S/C10H5Cl2NOS2/c11-6-2-1-5(3-7(6)12)4-8-9(14)13-10(15)16-8/h1-4H,(H,13,14,15)/b8-4-. The summed E-state index contributed by atoms with van der Waals surface area (Å²) in [7, 11) is 0. The molecule has 0 aromatic heterocycles. The molecule has 82 valence electrons. The number of hydrogen-bond donors (Lipinski definition) is 1. The van der Waals surface area contributed by atoms with Crippen LogP contribution in [0.1, 0.15) is 5.56 Å². The van der Waals surface area contributed by atoms with Crippen molar-refractivity contribution in [2.75, 3.05) is 0 Å². The summed E-state index contributed by atoms with van der Waals surface area (Å²) < 4.78 is 0.469. The first kappa shape index (κ1) is 11.9. The second-order valence-corrected chi connectivity index (χ2v) is 5.56. The molecule has 6 heteroatoms. The minimum absolute atomic E-state index is 0.180. The molecule has 1 amide bonds. The Morgan fingerprint density at radius 2 is 2.06 bits per heavy atom. The minimum atomic E-state index is -0.180. The summed E-state index contributed by atoms with van der Waals surface area (Å²) in [5.41, 5.74) is 0.816. The molecule has 1 heterocycles. The maximum atomic E-state index is 11.4. The van der Waals surface area contributed by atoms with Gasteiger partial charge in [-0.05, 0) is 23.8 Å². The zero-order valence-electron chi connectivity index (χ0n) is 7.79. The third-order valence-corrected chi connectivity index (χ3v) is 3.79. The normalized spacial score (nSPS) is 18.0. The third-order valence-electron chi connectivity index (χ3n) is 1.88. The zero-order chi connectivity index (χ0) is 11.7. The summed E-state index contributed by atoms with van der Waals surface area (Å²) >= 11 is 17.8. The van der Waals surface area contributed by atoms with Gasteiger partial charge in [-0.3, -0.25) is 4.79 Å². The molecule has 1 aromatic rings. The number of halogens is 2. The van der Waals surface area contributed by atoms with Crippen LogP contribution in [0.15, 0.2) is 23.1 Å². The van der Waals surface area contributed by atoms with Crippen molar-refractivity contribution >= 4 is 63.5 Å². The first-order valence-corrected chi connectivity index (χ1v) is 6.24. The van der Waals surface area contributed by atoms with E-state index in [2.05, 4.69) is 5.32 Å². The summed E-state index contributed by atoms with van der Waals surface area (Å²) in [5, 5.41) is 3.49. The second-order valence-electron chi connectivity index (χ2n) is 3.03. The lowest BCUT2D eigenvalue weighted by Gasteiger charge is -1.98. The number of thiocarbonyl (C=S) groups is 1. The Balaban J connectivity index is 2.32. The lowest BCUT2D eigenvalue weighted by atomic mass is 10.2. The highest BCUT2D eigenvalue weighted by atomic mass is 35.5. The minimum Gasteiger partial charge on any atom is -0.307 e. The number of thioether (sulfide) groups is 1. The Hall–Kier alpha value is -0.550. The van der Waals surface area contributed by atoms with Gasteiger partial charge in [-0.15, -0.1) is 0 Å². The van der Waals surface area contributed by atoms with Crippen LogP contribution in [0.25, 0.3) is 6.08 Å². The van der Waals surface area contributed by atoms with Crippen LogP contribution in [-0.2, 0) is 4.79 Å². The highest BCUT2D eigenvalue weighted by Gasteiger charge is 2.21. The summed E-state index contributed by atoms with van der Waals surface area (Å²) in [5.74, 6) is -0.180. The fourth-order valence-corrected chi connectivity index (χ4v) is 2.53. The van der Waals surface area contributed by atoms with E-state index < -0.39 is 0 Å². The maximum absolute atomic E-state index is 11.4. The molecule has 0 saturated carbocycles. The average Bonchev–Trinajstić information content (AvgIpc) is 2.51. The highest BCUT2D eigenvalue weighted by molar-refractivity contribution is 8.26. The Kier molecular flexibility index (Phi) is 3.54. The topological polar surface area (TPSA) is 29.1 Å². The van der Waals surface area contributed by atoms with Crippen LogP contribution in [0.3, 0.4) is 0 Å². The van der Waals surface area contributed by atoms with Crippen molar-refractivity contribution in [2.24, 2.45) is 0 Å². The van der Waals surface area contributed by atoms with E-state index in [1.165, 1.54) is 11.8 Å². The van der Waals surface area contributed by atoms with Crippen molar-refractivity contribution in [1.29, 1.82) is 0 Å². The molecule has 1 N–H and O–H groups in total. The molecule has 1 aliphatic heterocycles. The highest BCUT2D eigenvalue weighted by Crippen LogP contribution is 2.28. The lowest BCUT2D eigenvalue weighted by molar-refractivity contribution is -0.115. The van der Waals surface area contributed by atoms with E-state index in [0.717, 1.165) is 5.56 Å². The van der Waals surface area contributed by atoms with Crippen LogP contribution >= 0.6 is 47.2 Å². The molecular weight excluding hydrogens is 285 g/mol. The second kappa shape index (κ2) is 4.75. The van der Waals surface area contributed by atoms with E-state index in [1.807, 2.05) is 0 Å². The zero-order valence-corrected chi connectivity index (χ0v) is 10.9. The van der Waals surface area contributed by atoms with Gasteiger partial charge in [-0.2, -0.15) is 0 Å². The first-order valence-electron chi connectivity index (χ1n) is 4.26. The number of amides is 1. The number of carbonyl (C=O) groups excluding carboxylic acids is 1. The van der Waals surface area contributed by atoms with E-state index >= 15 is 0 Å². The van der Waals surface area contributed by atoms with E-state index in [4.69, 9.17) is 35.4 Å². The summed E-state index contributed by atoms with van der Waals surface area (Å²) in [6, 6.07) is 5.18. The molecule has 2 rings (SSSR count). The largest absolute Gasteiger partial charge is 0.307 e. The summed E-state index contributed by atoms with van der Waals surface area (Å²) in [4.78, 5) is 12.0. The Morgan fingerprint density at radius 3 is 2.62 bits per heavy atom. The molecule has 1 saturated heterocycles. The SMILES string of the molecule is O=C1NC(=S)S/C1=C\c1ccc(Cl)c(Cl)c1. The molecule has 1 fully saturated rings. The van der Waals surface area contributed by atoms with Gasteiger partial charge in [0.25, 0.3) is 5.91 Å². The van der Waals surface area contributed by atoms with Gasteiger partial charge >= 0.3 is 0 Å². The Labute approximate surface area is 112 Å². The van der Waals surface area contributed by atoms with Gasteiger partial charge < -0.3 is 5.32 Å². The van der Waals surface area contributed by atoms with Gasteiger partial charge in [0.1, 0.15) is 4.32 Å². The average molecular weight is 290 g/mol. The smallest absolute Gasteiger partial charge is 0.263 e. The van der Waals surface area contributed by atoms with Crippen molar-refractivity contribution in [3.05, 3.63) is 38.7 Å². The fourth-order valence-electron chi connectivity index (χ4n) is 1.17. The van der Waals surface area contributed by atoms with Gasteiger partial charge in [-0.25, -0.2) is 0 Å². The Morgan fingerprint density at radius 1 is 1.31 bits per heavy atom. The van der Waals surface area contributed by atoms with Gasteiger partial charge in [0.2, 0.25) is 0 Å². The molecule has 2 nitrogen and oxygen atoms in total. The van der Waals surface area contributed by atoms with Gasteiger partial charge in [0, 0.05) is 0 Å². The number of benzene rings is 1. The molecule has 0 spiro atoms. The van der Waals surface area contributed by atoms with Crippen molar-refractivity contribution in [1.82, 2.24) is 5.32 Å². The molecule has 1 aliphatic rings. The van der Waals surface area contributed by atoms with Gasteiger partial charge in [-0.1, -0.05) is 53.2 Å². The third kappa shape index (κ3) is 2.58. The maximum Gasteiger partial charge on any atom is 0.263 e. The number of hydrogen-bond acceptors (Lipinski definition) is 3. The van der Waals surface area contributed by atoms with Crippen LogP contribution in [0.2, 0.25) is 10.0 Å². The van der Waals surface area contributed by atoms with Crippen LogP contribution in [0.5, 0.6) is 0 Å². The van der Waals surface area contributed by atoms with Crippen LogP contribution in [-0.4, -0.2) is 10.2 Å². The lowest BCUT2D eigenvalue weighted by Crippen LogP contribution is -2.17. The number of nitrogens with one attached hydrogen (secondary N) is 1. The molecule has 1 aromatic carbocycles. The Bertz CT molecular complexity index is 514. The van der Waals surface area contributed by atoms with Crippen molar-refractivity contribution in [3.63, 3.8) is 0 Å². The van der Waals surface area contributed by atoms with Crippen LogP contribution in [0, 0.1) is 0 Å². The molecule has 0 atom stereocenters. The van der Waals surface area contributed by atoms with E-state index in [9.17, 15) is 4.79 Å². The van der Waals surface area contributed by atoms with E-state index in [0.29, 0.717) is 19.3 Å². The monoisotopic (exact) mass is 289 g/mol. The van der Waals surface area contributed by atoms with Crippen molar-refractivity contribution < 1.29 is 4.79 Å². The number of rotatable bonds is 1. The molecule has 0 radical (unpaired) electrons. The first-order chi connectivity index (χ1) is 7.56. The molecular formula is C10H5Cl2NOS2. The molecule has 0 bridgehead atoms. The molecule has 0 aliphatic carbocycles. The molecule has 16 heavy (non-hydrogen) atoms. The predicted molar refractivity (Wildman–Crippen MR) is 72.8 cm³/mol. The van der Waals surface area contributed by atoms with Crippen molar-refractivity contribution in [2.45, 2.75) is 0 Å². The predicted octanol–water partition coefficient (Wildman–Crippen LogP) is 3.48. The number of carbonyl (C=O) groups is 1. The van der Waals surface area contributed by atoms with E-state index in [-0.39, 0.29) is 5.91 Å².